The highest BCUT2D eigenvalue weighted by atomic mass is 32.2. The Labute approximate surface area is 240 Å². The molecular weight excluding hydrogens is 522 g/mol. The fraction of sp³-hybridized carbons (Fsp3) is 0.419. The van der Waals surface area contributed by atoms with Gasteiger partial charge in [-0.25, -0.2) is 9.78 Å². The van der Waals surface area contributed by atoms with Crippen LogP contribution in [0.5, 0.6) is 0 Å². The molecule has 0 bridgehead atoms. The Morgan fingerprint density at radius 2 is 1.57 bits per heavy atom. The molecule has 2 fully saturated rings. The Morgan fingerprint density at radius 1 is 0.900 bits per heavy atom. The van der Waals surface area contributed by atoms with Crippen molar-refractivity contribution >= 4 is 35.4 Å². The molecule has 0 spiro atoms. The normalized spacial score (nSPS) is 16.9. The van der Waals surface area contributed by atoms with Crippen molar-refractivity contribution in [3.05, 3.63) is 83.6 Å². The second-order valence-electron chi connectivity index (χ2n) is 10.5. The molecule has 9 heteroatoms. The van der Waals surface area contributed by atoms with Crippen molar-refractivity contribution in [1.82, 2.24) is 15.3 Å². The number of carbonyl (C=O) groups is 2. The molecule has 8 nitrogen and oxygen atoms in total. The number of rotatable bonds is 10. The third-order valence-electron chi connectivity index (χ3n) is 7.66. The van der Waals surface area contributed by atoms with Gasteiger partial charge in [0.15, 0.2) is 0 Å². The standard InChI is InChI=1S/C31H37N5O3S/c37-29(32-27(30(38)39)22-40-21-23-10-4-1-5-11-23)26-20-28(35-16-8-3-9-17-35)34-31(33-26)36-18-14-25(15-19-36)24-12-6-2-7-13-24/h1-2,4-7,10-13,20,25,27H,3,8-9,14-19,21-22H2,(H,32,37)(H,38,39)/t27-/m0/s1. The number of piperidine rings is 2. The van der Waals surface area contributed by atoms with Crippen LogP contribution in [-0.2, 0) is 10.5 Å². The Morgan fingerprint density at radius 3 is 2.25 bits per heavy atom. The van der Waals surface area contributed by atoms with E-state index in [4.69, 9.17) is 4.98 Å². The molecule has 210 valence electrons. The highest BCUT2D eigenvalue weighted by Gasteiger charge is 2.27. The lowest BCUT2D eigenvalue weighted by Gasteiger charge is -2.34. The molecule has 2 aliphatic heterocycles. The first-order valence-corrected chi connectivity index (χ1v) is 15.3. The van der Waals surface area contributed by atoms with E-state index in [2.05, 4.69) is 44.4 Å². The second-order valence-corrected chi connectivity index (χ2v) is 11.5. The molecule has 0 radical (unpaired) electrons. The van der Waals surface area contributed by atoms with E-state index in [-0.39, 0.29) is 11.4 Å². The number of anilines is 2. The fourth-order valence-electron chi connectivity index (χ4n) is 5.38. The molecule has 3 heterocycles. The fourth-order valence-corrected chi connectivity index (χ4v) is 6.39. The summed E-state index contributed by atoms with van der Waals surface area (Å²) in [4.78, 5) is 39.3. The zero-order chi connectivity index (χ0) is 27.7. The lowest BCUT2D eigenvalue weighted by Crippen LogP contribution is -2.43. The van der Waals surface area contributed by atoms with Gasteiger partial charge in [-0.05, 0) is 49.1 Å². The zero-order valence-electron chi connectivity index (χ0n) is 22.7. The lowest BCUT2D eigenvalue weighted by atomic mass is 9.90. The predicted molar refractivity (Wildman–Crippen MR) is 160 cm³/mol. The summed E-state index contributed by atoms with van der Waals surface area (Å²) in [6, 6.07) is 21.2. The monoisotopic (exact) mass is 559 g/mol. The van der Waals surface area contributed by atoms with Crippen molar-refractivity contribution in [3.63, 3.8) is 0 Å². The lowest BCUT2D eigenvalue weighted by molar-refractivity contribution is -0.138. The van der Waals surface area contributed by atoms with Gasteiger partial charge in [0, 0.05) is 43.8 Å². The summed E-state index contributed by atoms with van der Waals surface area (Å²) < 4.78 is 0. The van der Waals surface area contributed by atoms with Crippen LogP contribution in [-0.4, -0.2) is 64.9 Å². The summed E-state index contributed by atoms with van der Waals surface area (Å²) in [5.41, 5.74) is 2.69. The minimum absolute atomic E-state index is 0.218. The topological polar surface area (TPSA) is 98.7 Å². The van der Waals surface area contributed by atoms with Crippen molar-refractivity contribution in [3.8, 4) is 0 Å². The average Bonchev–Trinajstić information content (AvgIpc) is 3.01. The maximum atomic E-state index is 13.4. The Balaban J connectivity index is 1.30. The molecule has 5 rings (SSSR count). The Hall–Kier alpha value is -3.59. The van der Waals surface area contributed by atoms with Gasteiger partial charge in [0.1, 0.15) is 17.6 Å². The first-order chi connectivity index (χ1) is 19.6. The van der Waals surface area contributed by atoms with Gasteiger partial charge in [-0.3, -0.25) is 4.79 Å². The Kier molecular flexibility index (Phi) is 9.54. The highest BCUT2D eigenvalue weighted by molar-refractivity contribution is 7.98. The van der Waals surface area contributed by atoms with Gasteiger partial charge in [0.2, 0.25) is 5.95 Å². The smallest absolute Gasteiger partial charge is 0.327 e. The summed E-state index contributed by atoms with van der Waals surface area (Å²) in [6.45, 7) is 3.39. The maximum absolute atomic E-state index is 13.4. The molecule has 1 aromatic heterocycles. The molecular formula is C31H37N5O3S. The highest BCUT2D eigenvalue weighted by Crippen LogP contribution is 2.30. The largest absolute Gasteiger partial charge is 0.480 e. The van der Waals surface area contributed by atoms with Crippen molar-refractivity contribution in [1.29, 1.82) is 0 Å². The number of carboxylic acids is 1. The van der Waals surface area contributed by atoms with Crippen molar-refractivity contribution in [2.75, 3.05) is 41.7 Å². The summed E-state index contributed by atoms with van der Waals surface area (Å²) in [5.74, 6) is 1.19. The van der Waals surface area contributed by atoms with Crippen LogP contribution in [0.1, 0.15) is 59.6 Å². The molecule has 40 heavy (non-hydrogen) atoms. The third kappa shape index (κ3) is 7.33. The van der Waals surface area contributed by atoms with E-state index in [1.807, 2.05) is 36.4 Å². The van der Waals surface area contributed by atoms with Gasteiger partial charge in [-0.2, -0.15) is 16.7 Å². The summed E-state index contributed by atoms with van der Waals surface area (Å²) in [7, 11) is 0. The van der Waals surface area contributed by atoms with Crippen LogP contribution < -0.4 is 15.1 Å². The number of benzene rings is 2. The van der Waals surface area contributed by atoms with E-state index in [0.717, 1.165) is 63.2 Å². The van der Waals surface area contributed by atoms with E-state index in [9.17, 15) is 14.7 Å². The number of nitrogens with zero attached hydrogens (tertiary/aromatic N) is 4. The molecule has 2 aliphatic rings. The van der Waals surface area contributed by atoms with Crippen LogP contribution in [0.3, 0.4) is 0 Å². The number of aliphatic carboxylic acids is 1. The number of nitrogens with one attached hydrogen (secondary N) is 1. The molecule has 0 aliphatic carbocycles. The number of hydrogen-bond acceptors (Lipinski definition) is 7. The molecule has 2 saturated heterocycles. The van der Waals surface area contributed by atoms with Gasteiger partial charge in [0.25, 0.3) is 5.91 Å². The molecule has 0 unspecified atom stereocenters. The van der Waals surface area contributed by atoms with Crippen LogP contribution in [0.4, 0.5) is 11.8 Å². The molecule has 2 aromatic carbocycles. The number of aromatic nitrogens is 2. The summed E-state index contributed by atoms with van der Waals surface area (Å²) in [6.07, 6.45) is 5.34. The molecule has 1 atom stereocenters. The number of thioether (sulfide) groups is 1. The molecule has 1 amide bonds. The van der Waals surface area contributed by atoms with Crippen LogP contribution in [0, 0.1) is 0 Å². The Bertz CT molecular complexity index is 1260. The van der Waals surface area contributed by atoms with Crippen molar-refractivity contribution in [2.45, 2.75) is 49.8 Å². The average molecular weight is 560 g/mol. The summed E-state index contributed by atoms with van der Waals surface area (Å²) >= 11 is 1.49. The van der Waals surface area contributed by atoms with E-state index >= 15 is 0 Å². The molecule has 3 aromatic rings. The number of hydrogen-bond donors (Lipinski definition) is 2. The van der Waals surface area contributed by atoms with Crippen molar-refractivity contribution in [2.24, 2.45) is 0 Å². The van der Waals surface area contributed by atoms with E-state index < -0.39 is 17.9 Å². The van der Waals surface area contributed by atoms with Crippen LogP contribution in [0.25, 0.3) is 0 Å². The van der Waals surface area contributed by atoms with Crippen LogP contribution >= 0.6 is 11.8 Å². The maximum Gasteiger partial charge on any atom is 0.327 e. The SMILES string of the molecule is O=C(N[C@@H](CSCc1ccccc1)C(=O)O)c1cc(N2CCCCC2)nc(N2CCC(c3ccccc3)CC2)n1. The number of carbonyl (C=O) groups excluding carboxylic acids is 1. The van der Waals surface area contributed by atoms with E-state index in [1.54, 1.807) is 6.07 Å². The van der Waals surface area contributed by atoms with Gasteiger partial charge in [-0.15, -0.1) is 0 Å². The van der Waals surface area contributed by atoms with Gasteiger partial charge < -0.3 is 20.2 Å². The van der Waals surface area contributed by atoms with E-state index in [0.29, 0.717) is 17.6 Å². The van der Waals surface area contributed by atoms with Gasteiger partial charge >= 0.3 is 5.97 Å². The molecule has 0 saturated carbocycles. The van der Waals surface area contributed by atoms with E-state index in [1.165, 1.54) is 23.7 Å². The first kappa shape index (κ1) is 28.0. The first-order valence-electron chi connectivity index (χ1n) is 14.2. The minimum atomic E-state index is -1.05. The minimum Gasteiger partial charge on any atom is -0.480 e. The quantitative estimate of drug-likeness (QED) is 0.359. The third-order valence-corrected chi connectivity index (χ3v) is 8.77. The molecule has 2 N–H and O–H groups in total. The zero-order valence-corrected chi connectivity index (χ0v) is 23.6. The van der Waals surface area contributed by atoms with Crippen LogP contribution in [0.15, 0.2) is 66.7 Å². The van der Waals surface area contributed by atoms with Gasteiger partial charge in [-0.1, -0.05) is 60.7 Å². The number of carboxylic acid groups (broad SMARTS) is 1. The predicted octanol–water partition coefficient (Wildman–Crippen LogP) is 4.97. The van der Waals surface area contributed by atoms with Crippen LogP contribution in [0.2, 0.25) is 0 Å². The second kappa shape index (κ2) is 13.7. The summed E-state index contributed by atoms with van der Waals surface area (Å²) in [5, 5.41) is 12.5. The van der Waals surface area contributed by atoms with Crippen molar-refractivity contribution < 1.29 is 14.7 Å². The van der Waals surface area contributed by atoms with Gasteiger partial charge in [0.05, 0.1) is 0 Å². The number of amides is 1.